The molecule has 0 unspecified atom stereocenters. The summed E-state index contributed by atoms with van der Waals surface area (Å²) >= 11 is 0. The van der Waals surface area contributed by atoms with Gasteiger partial charge in [0.15, 0.2) is 11.5 Å². The Morgan fingerprint density at radius 1 is 1.16 bits per heavy atom. The van der Waals surface area contributed by atoms with E-state index < -0.39 is 11.7 Å². The van der Waals surface area contributed by atoms with Crippen LogP contribution < -0.4 is 14.8 Å². The third kappa shape index (κ3) is 4.26. The largest absolute Gasteiger partial charge is 0.454 e. The molecule has 2 amide bonds. The Kier molecular flexibility index (Phi) is 4.83. The number of carbonyl (C=O) groups excluding carboxylic acids is 2. The molecule has 0 aliphatic carbocycles. The van der Waals surface area contributed by atoms with Crippen LogP contribution in [0.4, 0.5) is 10.1 Å². The highest BCUT2D eigenvalue weighted by atomic mass is 19.1. The molecule has 1 aliphatic rings. The van der Waals surface area contributed by atoms with Crippen LogP contribution in [-0.4, -0.2) is 30.1 Å². The van der Waals surface area contributed by atoms with Gasteiger partial charge in [0.2, 0.25) is 18.6 Å². The Morgan fingerprint density at radius 2 is 1.96 bits per heavy atom. The van der Waals surface area contributed by atoms with Crippen molar-refractivity contribution in [1.29, 1.82) is 0 Å². The van der Waals surface area contributed by atoms with Crippen LogP contribution in [0.2, 0.25) is 0 Å². The van der Waals surface area contributed by atoms with E-state index in [0.29, 0.717) is 17.2 Å². The number of rotatable bonds is 5. The van der Waals surface area contributed by atoms with Crippen molar-refractivity contribution in [1.82, 2.24) is 4.90 Å². The monoisotopic (exact) mass is 344 g/mol. The van der Waals surface area contributed by atoms with E-state index in [4.69, 9.17) is 9.47 Å². The summed E-state index contributed by atoms with van der Waals surface area (Å²) < 4.78 is 23.7. The SMILES string of the molecule is CC(=O)N(CC(=O)Nc1cccc(F)c1)Cc1ccc2c(c1)OCO2. The third-order valence-electron chi connectivity index (χ3n) is 3.70. The van der Waals surface area contributed by atoms with Gasteiger partial charge < -0.3 is 19.7 Å². The fourth-order valence-corrected chi connectivity index (χ4v) is 2.48. The standard InChI is InChI=1S/C18H17FN2O4/c1-12(22)21(9-13-5-6-16-17(7-13)25-11-24-16)10-18(23)20-15-4-2-3-14(19)8-15/h2-8H,9-11H2,1H3,(H,20,23). The van der Waals surface area contributed by atoms with Crippen LogP contribution in [0.3, 0.4) is 0 Å². The molecular formula is C18H17FN2O4. The van der Waals surface area contributed by atoms with Gasteiger partial charge in [-0.25, -0.2) is 4.39 Å². The number of hydrogen-bond donors (Lipinski definition) is 1. The van der Waals surface area contributed by atoms with Crippen LogP contribution >= 0.6 is 0 Å². The van der Waals surface area contributed by atoms with Crippen LogP contribution in [0.15, 0.2) is 42.5 Å². The summed E-state index contributed by atoms with van der Waals surface area (Å²) in [7, 11) is 0. The minimum Gasteiger partial charge on any atom is -0.454 e. The van der Waals surface area contributed by atoms with Gasteiger partial charge >= 0.3 is 0 Å². The molecule has 25 heavy (non-hydrogen) atoms. The van der Waals surface area contributed by atoms with E-state index in [-0.39, 0.29) is 25.8 Å². The van der Waals surface area contributed by atoms with Crippen LogP contribution in [0.5, 0.6) is 11.5 Å². The Labute approximate surface area is 144 Å². The average Bonchev–Trinajstić information content (AvgIpc) is 3.01. The van der Waals surface area contributed by atoms with Crippen LogP contribution in [0.1, 0.15) is 12.5 Å². The molecule has 0 spiro atoms. The lowest BCUT2D eigenvalue weighted by Gasteiger charge is -2.21. The van der Waals surface area contributed by atoms with E-state index in [2.05, 4.69) is 5.32 Å². The quantitative estimate of drug-likeness (QED) is 0.905. The minimum absolute atomic E-state index is 0.139. The molecule has 2 aromatic rings. The van der Waals surface area contributed by atoms with Crippen LogP contribution in [-0.2, 0) is 16.1 Å². The second-order valence-corrected chi connectivity index (χ2v) is 5.62. The summed E-state index contributed by atoms with van der Waals surface area (Å²) in [5.41, 5.74) is 1.16. The molecule has 0 aromatic heterocycles. The van der Waals surface area contributed by atoms with Crippen LogP contribution in [0, 0.1) is 5.82 Å². The Balaban J connectivity index is 1.65. The van der Waals surface area contributed by atoms with E-state index in [0.717, 1.165) is 5.56 Å². The maximum atomic E-state index is 13.2. The first kappa shape index (κ1) is 16.8. The first-order chi connectivity index (χ1) is 12.0. The molecule has 0 radical (unpaired) electrons. The van der Waals surface area contributed by atoms with E-state index in [1.165, 1.54) is 30.0 Å². The highest BCUT2D eigenvalue weighted by molar-refractivity contribution is 5.94. The summed E-state index contributed by atoms with van der Waals surface area (Å²) in [6, 6.07) is 10.9. The lowest BCUT2D eigenvalue weighted by Crippen LogP contribution is -2.36. The molecule has 6 nitrogen and oxygen atoms in total. The zero-order valence-corrected chi connectivity index (χ0v) is 13.6. The van der Waals surface area contributed by atoms with E-state index >= 15 is 0 Å². The normalized spacial score (nSPS) is 11.9. The van der Waals surface area contributed by atoms with Crippen molar-refractivity contribution >= 4 is 17.5 Å². The van der Waals surface area contributed by atoms with E-state index in [9.17, 15) is 14.0 Å². The van der Waals surface area contributed by atoms with Gasteiger partial charge in [0.25, 0.3) is 0 Å². The molecular weight excluding hydrogens is 327 g/mol. The fourth-order valence-electron chi connectivity index (χ4n) is 2.48. The van der Waals surface area contributed by atoms with Crippen molar-refractivity contribution in [3.05, 3.63) is 53.8 Å². The fraction of sp³-hybridized carbons (Fsp3) is 0.222. The maximum Gasteiger partial charge on any atom is 0.244 e. The second-order valence-electron chi connectivity index (χ2n) is 5.62. The number of benzene rings is 2. The molecule has 130 valence electrons. The molecule has 0 fully saturated rings. The van der Waals surface area contributed by atoms with Gasteiger partial charge in [0, 0.05) is 19.2 Å². The molecule has 0 bridgehead atoms. The summed E-state index contributed by atoms with van der Waals surface area (Å²) in [5.74, 6) is 0.183. The third-order valence-corrected chi connectivity index (χ3v) is 3.70. The smallest absolute Gasteiger partial charge is 0.244 e. The second kappa shape index (κ2) is 7.21. The molecule has 7 heteroatoms. The zero-order chi connectivity index (χ0) is 17.8. The zero-order valence-electron chi connectivity index (χ0n) is 13.6. The molecule has 0 saturated heterocycles. The molecule has 1 heterocycles. The number of nitrogens with one attached hydrogen (secondary N) is 1. The van der Waals surface area contributed by atoms with Gasteiger partial charge in [-0.15, -0.1) is 0 Å². The molecule has 2 aromatic carbocycles. The number of fused-ring (bicyclic) bond motifs is 1. The van der Waals surface area contributed by atoms with Gasteiger partial charge in [0.1, 0.15) is 12.4 Å². The number of halogens is 1. The van der Waals surface area contributed by atoms with Crippen molar-refractivity contribution in [2.24, 2.45) is 0 Å². The van der Waals surface area contributed by atoms with Crippen molar-refractivity contribution in [2.45, 2.75) is 13.5 Å². The summed E-state index contributed by atoms with van der Waals surface area (Å²) in [6.45, 7) is 1.68. The van der Waals surface area contributed by atoms with Crippen molar-refractivity contribution in [2.75, 3.05) is 18.7 Å². The number of ether oxygens (including phenoxy) is 2. The van der Waals surface area contributed by atoms with E-state index in [1.807, 2.05) is 6.07 Å². The van der Waals surface area contributed by atoms with E-state index in [1.54, 1.807) is 18.2 Å². The Morgan fingerprint density at radius 3 is 2.72 bits per heavy atom. The van der Waals surface area contributed by atoms with Crippen molar-refractivity contribution in [3.8, 4) is 11.5 Å². The summed E-state index contributed by atoms with van der Waals surface area (Å²) in [4.78, 5) is 25.4. The first-order valence-electron chi connectivity index (χ1n) is 7.71. The minimum atomic E-state index is -0.443. The molecule has 0 atom stereocenters. The number of nitrogens with zero attached hydrogens (tertiary/aromatic N) is 1. The number of hydrogen-bond acceptors (Lipinski definition) is 4. The van der Waals surface area contributed by atoms with Crippen LogP contribution in [0.25, 0.3) is 0 Å². The average molecular weight is 344 g/mol. The number of carbonyl (C=O) groups is 2. The first-order valence-corrected chi connectivity index (χ1v) is 7.71. The van der Waals surface area contributed by atoms with Gasteiger partial charge in [-0.2, -0.15) is 0 Å². The number of amides is 2. The summed E-state index contributed by atoms with van der Waals surface area (Å²) in [5, 5.41) is 2.58. The highest BCUT2D eigenvalue weighted by Gasteiger charge is 2.18. The topological polar surface area (TPSA) is 67.9 Å². The van der Waals surface area contributed by atoms with Gasteiger partial charge in [0.05, 0.1) is 0 Å². The van der Waals surface area contributed by atoms with Gasteiger partial charge in [-0.05, 0) is 35.9 Å². The Hall–Kier alpha value is -3.09. The predicted octanol–water partition coefficient (Wildman–Crippen LogP) is 2.54. The lowest BCUT2D eigenvalue weighted by molar-refractivity contribution is -0.133. The maximum absolute atomic E-state index is 13.2. The molecule has 1 N–H and O–H groups in total. The van der Waals surface area contributed by atoms with Crippen molar-refractivity contribution in [3.63, 3.8) is 0 Å². The Bertz CT molecular complexity index is 809. The highest BCUT2D eigenvalue weighted by Crippen LogP contribution is 2.32. The molecule has 1 aliphatic heterocycles. The molecule has 0 saturated carbocycles. The van der Waals surface area contributed by atoms with Gasteiger partial charge in [-0.3, -0.25) is 9.59 Å². The van der Waals surface area contributed by atoms with Gasteiger partial charge in [-0.1, -0.05) is 12.1 Å². The summed E-state index contributed by atoms with van der Waals surface area (Å²) in [6.07, 6.45) is 0. The predicted molar refractivity (Wildman–Crippen MR) is 88.7 cm³/mol. The van der Waals surface area contributed by atoms with Crippen molar-refractivity contribution < 1.29 is 23.5 Å². The number of anilines is 1. The lowest BCUT2D eigenvalue weighted by atomic mass is 10.2. The molecule has 3 rings (SSSR count).